The van der Waals surface area contributed by atoms with Crippen molar-refractivity contribution in [2.45, 2.75) is 25.5 Å². The lowest BCUT2D eigenvalue weighted by molar-refractivity contribution is -0.171. The number of methoxy groups -OCH3 is 2. The molecule has 0 saturated carbocycles. The van der Waals surface area contributed by atoms with Gasteiger partial charge in [0.05, 0.1) is 21.3 Å². The molecule has 2 aromatic rings. The molecule has 0 aliphatic carbocycles. The van der Waals surface area contributed by atoms with E-state index in [1.807, 2.05) is 30.3 Å². The molecule has 2 aromatic carbocycles. The molecule has 9 heteroatoms. The summed E-state index contributed by atoms with van der Waals surface area (Å²) in [6.07, 6.45) is -0.0216. The van der Waals surface area contributed by atoms with Crippen LogP contribution in [0.15, 0.2) is 48.5 Å². The third kappa shape index (κ3) is 6.98. The van der Waals surface area contributed by atoms with Crippen LogP contribution in [-0.4, -0.2) is 57.3 Å². The van der Waals surface area contributed by atoms with Crippen molar-refractivity contribution in [1.29, 1.82) is 0 Å². The van der Waals surface area contributed by atoms with Crippen molar-refractivity contribution in [1.82, 2.24) is 10.4 Å². The molecule has 172 valence electrons. The first-order valence-electron chi connectivity index (χ1n) is 9.93. The average Bonchev–Trinajstić information content (AvgIpc) is 2.84. The van der Waals surface area contributed by atoms with E-state index in [0.29, 0.717) is 11.5 Å². The van der Waals surface area contributed by atoms with Gasteiger partial charge >= 0.3 is 5.97 Å². The normalized spacial score (nSPS) is 11.2. The maximum atomic E-state index is 12.8. The minimum atomic E-state index is -0.996. The fourth-order valence-electron chi connectivity index (χ4n) is 2.86. The van der Waals surface area contributed by atoms with Crippen LogP contribution in [0.1, 0.15) is 28.8 Å². The van der Waals surface area contributed by atoms with Crippen LogP contribution in [0, 0.1) is 0 Å². The van der Waals surface area contributed by atoms with Gasteiger partial charge in [0, 0.05) is 19.0 Å². The van der Waals surface area contributed by atoms with Crippen LogP contribution < -0.4 is 14.8 Å². The molecular weight excluding hydrogens is 416 g/mol. The average molecular weight is 444 g/mol. The van der Waals surface area contributed by atoms with E-state index in [1.165, 1.54) is 34.4 Å². The van der Waals surface area contributed by atoms with Crippen LogP contribution in [0.2, 0.25) is 0 Å². The maximum Gasteiger partial charge on any atom is 0.306 e. The Morgan fingerprint density at radius 1 is 0.969 bits per heavy atom. The number of nitrogens with zero attached hydrogens (tertiary/aromatic N) is 1. The van der Waals surface area contributed by atoms with E-state index in [2.05, 4.69) is 5.32 Å². The van der Waals surface area contributed by atoms with Gasteiger partial charge in [0.1, 0.15) is 12.6 Å². The molecule has 0 heterocycles. The number of rotatable bonds is 11. The first-order valence-corrected chi connectivity index (χ1v) is 9.93. The minimum Gasteiger partial charge on any atom is -0.493 e. The van der Waals surface area contributed by atoms with Crippen LogP contribution in [0.4, 0.5) is 0 Å². The standard InChI is InChI=1S/C23H28N2O7/c1-25(31-4)23(28)18(11-13-21(26)32-15-16-8-6-5-7-9-16)24-22(27)17-10-12-19(29-2)20(14-17)30-3/h5-10,12,14,18H,11,13,15H2,1-4H3,(H,24,27)/t18-/m0/s1. The summed E-state index contributed by atoms with van der Waals surface area (Å²) < 4.78 is 15.6. The smallest absolute Gasteiger partial charge is 0.306 e. The highest BCUT2D eigenvalue weighted by atomic mass is 16.7. The SMILES string of the molecule is COc1ccc(C(=O)N[C@@H](CCC(=O)OCc2ccccc2)C(=O)N(C)OC)cc1OC. The summed E-state index contributed by atoms with van der Waals surface area (Å²) in [7, 11) is 5.70. The zero-order chi connectivity index (χ0) is 23.5. The molecule has 2 rings (SSSR count). The Morgan fingerprint density at radius 3 is 2.28 bits per heavy atom. The first-order chi connectivity index (χ1) is 15.4. The summed E-state index contributed by atoms with van der Waals surface area (Å²) >= 11 is 0. The number of nitrogens with one attached hydrogen (secondary N) is 1. The molecule has 2 amide bonds. The molecule has 32 heavy (non-hydrogen) atoms. The van der Waals surface area contributed by atoms with Gasteiger partial charge in [-0.3, -0.25) is 19.2 Å². The zero-order valence-corrected chi connectivity index (χ0v) is 18.6. The van der Waals surface area contributed by atoms with E-state index in [1.54, 1.807) is 12.1 Å². The number of carbonyl (C=O) groups excluding carboxylic acids is 3. The van der Waals surface area contributed by atoms with Gasteiger partial charge in [-0.2, -0.15) is 0 Å². The number of carbonyl (C=O) groups is 3. The van der Waals surface area contributed by atoms with Gasteiger partial charge in [0.15, 0.2) is 11.5 Å². The van der Waals surface area contributed by atoms with Crippen LogP contribution in [0.3, 0.4) is 0 Å². The highest BCUT2D eigenvalue weighted by Gasteiger charge is 2.26. The maximum absolute atomic E-state index is 12.8. The van der Waals surface area contributed by atoms with E-state index in [4.69, 9.17) is 19.0 Å². The third-order valence-electron chi connectivity index (χ3n) is 4.71. The number of amides is 2. The number of hydroxylamine groups is 2. The van der Waals surface area contributed by atoms with Crippen LogP contribution in [0.25, 0.3) is 0 Å². The van der Waals surface area contributed by atoms with Gasteiger partial charge in [-0.05, 0) is 30.2 Å². The van der Waals surface area contributed by atoms with Crippen molar-refractivity contribution in [3.63, 3.8) is 0 Å². The first kappa shape index (κ1) is 24.7. The minimum absolute atomic E-state index is 0.0409. The van der Waals surface area contributed by atoms with Gasteiger partial charge in [0.2, 0.25) is 0 Å². The molecule has 0 spiro atoms. The van der Waals surface area contributed by atoms with E-state index in [0.717, 1.165) is 10.6 Å². The molecule has 0 aliphatic rings. The lowest BCUT2D eigenvalue weighted by Crippen LogP contribution is -2.47. The predicted octanol–water partition coefficient (Wildman–Crippen LogP) is 2.35. The molecule has 0 unspecified atom stereocenters. The monoisotopic (exact) mass is 444 g/mol. The molecule has 0 saturated heterocycles. The second kappa shape index (κ2) is 12.3. The van der Waals surface area contributed by atoms with Crippen molar-refractivity contribution < 1.29 is 33.4 Å². The third-order valence-corrected chi connectivity index (χ3v) is 4.71. The fraction of sp³-hybridized carbons (Fsp3) is 0.348. The highest BCUT2D eigenvalue weighted by molar-refractivity contribution is 5.98. The van der Waals surface area contributed by atoms with E-state index < -0.39 is 23.8 Å². The van der Waals surface area contributed by atoms with Gasteiger partial charge in [-0.25, -0.2) is 5.06 Å². The number of benzene rings is 2. The number of hydrogen-bond acceptors (Lipinski definition) is 7. The van der Waals surface area contributed by atoms with Crippen molar-refractivity contribution in [2.75, 3.05) is 28.4 Å². The number of hydrogen-bond donors (Lipinski definition) is 1. The van der Waals surface area contributed by atoms with Gasteiger partial charge in [0.25, 0.3) is 11.8 Å². The zero-order valence-electron chi connectivity index (χ0n) is 18.6. The summed E-state index contributed by atoms with van der Waals surface area (Å²) in [4.78, 5) is 42.5. The van der Waals surface area contributed by atoms with E-state index in [-0.39, 0.29) is 25.0 Å². The summed E-state index contributed by atoms with van der Waals surface area (Å²) in [5.74, 6) is -0.644. The number of ether oxygens (including phenoxy) is 3. The van der Waals surface area contributed by atoms with Crippen LogP contribution >= 0.6 is 0 Å². The summed E-state index contributed by atoms with van der Waals surface area (Å²) in [6, 6.07) is 12.9. The molecule has 0 bridgehead atoms. The second-order valence-electron chi connectivity index (χ2n) is 6.80. The molecule has 0 aliphatic heterocycles. The largest absolute Gasteiger partial charge is 0.493 e. The molecular formula is C23H28N2O7. The molecule has 1 atom stereocenters. The van der Waals surface area contributed by atoms with Gasteiger partial charge < -0.3 is 19.5 Å². The summed E-state index contributed by atoms with van der Waals surface area (Å²) in [5.41, 5.74) is 1.13. The van der Waals surface area contributed by atoms with Crippen molar-refractivity contribution in [2.24, 2.45) is 0 Å². The second-order valence-corrected chi connectivity index (χ2v) is 6.80. The Hall–Kier alpha value is -3.59. The lowest BCUT2D eigenvalue weighted by Gasteiger charge is -2.22. The molecule has 9 nitrogen and oxygen atoms in total. The quantitative estimate of drug-likeness (QED) is 0.419. The summed E-state index contributed by atoms with van der Waals surface area (Å²) in [5, 5.41) is 3.65. The van der Waals surface area contributed by atoms with Gasteiger partial charge in [-0.1, -0.05) is 30.3 Å². The van der Waals surface area contributed by atoms with Crippen LogP contribution in [-0.2, 0) is 25.8 Å². The van der Waals surface area contributed by atoms with Crippen molar-refractivity contribution in [3.05, 3.63) is 59.7 Å². The Bertz CT molecular complexity index is 918. The predicted molar refractivity (Wildman–Crippen MR) is 116 cm³/mol. The molecule has 0 radical (unpaired) electrons. The Morgan fingerprint density at radius 2 is 1.66 bits per heavy atom. The topological polar surface area (TPSA) is 103 Å². The molecule has 1 N–H and O–H groups in total. The Balaban J connectivity index is 2.04. The highest BCUT2D eigenvalue weighted by Crippen LogP contribution is 2.27. The van der Waals surface area contributed by atoms with E-state index >= 15 is 0 Å². The van der Waals surface area contributed by atoms with Gasteiger partial charge in [-0.15, -0.1) is 0 Å². The Kier molecular flexibility index (Phi) is 9.49. The number of likely N-dealkylation sites (N-methyl/N-ethyl adjacent to an activating group) is 1. The fourth-order valence-corrected chi connectivity index (χ4v) is 2.86. The van der Waals surface area contributed by atoms with Crippen LogP contribution in [0.5, 0.6) is 11.5 Å². The molecule has 0 fully saturated rings. The Labute approximate surface area is 187 Å². The lowest BCUT2D eigenvalue weighted by atomic mass is 10.1. The van der Waals surface area contributed by atoms with E-state index in [9.17, 15) is 14.4 Å². The molecule has 0 aromatic heterocycles. The van der Waals surface area contributed by atoms with Crippen molar-refractivity contribution in [3.8, 4) is 11.5 Å². The number of esters is 1. The summed E-state index contributed by atoms with van der Waals surface area (Å²) in [6.45, 7) is 0.133. The van der Waals surface area contributed by atoms with Crippen molar-refractivity contribution >= 4 is 17.8 Å².